The Kier molecular flexibility index (Phi) is 3.89. The number of nitrogens with zero attached hydrogens (tertiary/aromatic N) is 4. The van der Waals surface area contributed by atoms with Crippen molar-refractivity contribution in [2.75, 3.05) is 12.4 Å². The van der Waals surface area contributed by atoms with Gasteiger partial charge in [0.25, 0.3) is 0 Å². The predicted octanol–water partition coefficient (Wildman–Crippen LogP) is 1.79. The third kappa shape index (κ3) is 2.31. The highest BCUT2D eigenvalue weighted by atomic mass is 35.5. The van der Waals surface area contributed by atoms with E-state index in [1.807, 2.05) is 18.5 Å². The molecule has 1 aliphatic rings. The summed E-state index contributed by atoms with van der Waals surface area (Å²) in [5.41, 5.74) is 2.73. The van der Waals surface area contributed by atoms with E-state index in [0.29, 0.717) is 12.3 Å². The molecule has 1 fully saturated rings. The summed E-state index contributed by atoms with van der Waals surface area (Å²) in [7, 11) is 0. The normalized spacial score (nSPS) is 19.2. The van der Waals surface area contributed by atoms with E-state index in [4.69, 9.17) is 16.6 Å². The summed E-state index contributed by atoms with van der Waals surface area (Å²) in [4.78, 5) is 17.0. The van der Waals surface area contributed by atoms with Crippen LogP contribution in [-0.2, 0) is 17.8 Å². The number of hydrogen-bond donors (Lipinski definition) is 1. The van der Waals surface area contributed by atoms with Gasteiger partial charge in [0.1, 0.15) is 17.4 Å². The molecule has 0 aliphatic carbocycles. The van der Waals surface area contributed by atoms with E-state index in [0.717, 1.165) is 48.6 Å². The Morgan fingerprint density at radius 2 is 2.29 bits per heavy atom. The maximum Gasteiger partial charge on any atom is 0.243 e. The fourth-order valence-corrected chi connectivity index (χ4v) is 3.21. The Morgan fingerprint density at radius 1 is 1.48 bits per heavy atom. The van der Waals surface area contributed by atoms with Crippen molar-refractivity contribution in [1.82, 2.24) is 24.6 Å². The van der Waals surface area contributed by atoms with Gasteiger partial charge in [-0.3, -0.25) is 4.79 Å². The van der Waals surface area contributed by atoms with E-state index in [1.165, 1.54) is 0 Å². The molecule has 7 heteroatoms. The first-order valence-electron chi connectivity index (χ1n) is 7.45. The highest BCUT2D eigenvalue weighted by Gasteiger charge is 2.29. The molecule has 1 saturated heterocycles. The molecular formula is C14H20ClN5O. The first-order chi connectivity index (χ1) is 10.2. The van der Waals surface area contributed by atoms with Crippen LogP contribution in [0.5, 0.6) is 0 Å². The lowest BCUT2D eigenvalue weighted by molar-refractivity contribution is -0.125. The summed E-state index contributed by atoms with van der Waals surface area (Å²) in [5, 5.41) is 7.47. The number of imidazole rings is 1. The van der Waals surface area contributed by atoms with Gasteiger partial charge in [0.15, 0.2) is 5.65 Å². The van der Waals surface area contributed by atoms with Crippen molar-refractivity contribution in [3.63, 3.8) is 0 Å². The van der Waals surface area contributed by atoms with Crippen molar-refractivity contribution in [3.05, 3.63) is 11.5 Å². The van der Waals surface area contributed by atoms with Crippen LogP contribution >= 0.6 is 11.6 Å². The van der Waals surface area contributed by atoms with Gasteiger partial charge in [0.2, 0.25) is 5.91 Å². The number of aryl methyl sites for hydroxylation is 3. The van der Waals surface area contributed by atoms with Crippen LogP contribution in [0.4, 0.5) is 0 Å². The molecule has 1 aliphatic heterocycles. The molecule has 114 valence electrons. The molecule has 2 aromatic heterocycles. The Labute approximate surface area is 128 Å². The number of fused-ring (bicyclic) bond motifs is 1. The zero-order valence-electron chi connectivity index (χ0n) is 12.4. The van der Waals surface area contributed by atoms with Crippen LogP contribution in [0.3, 0.4) is 0 Å². The lowest BCUT2D eigenvalue weighted by Gasteiger charge is -2.25. The van der Waals surface area contributed by atoms with Crippen molar-refractivity contribution in [2.24, 2.45) is 0 Å². The number of rotatable bonds is 4. The molecule has 3 heterocycles. The predicted molar refractivity (Wildman–Crippen MR) is 81.6 cm³/mol. The van der Waals surface area contributed by atoms with Gasteiger partial charge in [-0.05, 0) is 26.7 Å². The largest absolute Gasteiger partial charge is 0.354 e. The van der Waals surface area contributed by atoms with Crippen LogP contribution in [0.2, 0.25) is 0 Å². The zero-order chi connectivity index (χ0) is 15.0. The monoisotopic (exact) mass is 309 g/mol. The molecule has 1 amide bonds. The minimum Gasteiger partial charge on any atom is -0.354 e. The van der Waals surface area contributed by atoms with Gasteiger partial charge in [-0.25, -0.2) is 9.67 Å². The number of nitrogens with one attached hydrogen (secondary N) is 1. The number of halogens is 1. The molecule has 0 aromatic carbocycles. The minimum absolute atomic E-state index is 0.0675. The first kappa shape index (κ1) is 14.4. The SMILES string of the molecule is CCn1nc(C)c2nc(CCCl)n(C3CCCNC3=O)c21. The Hall–Kier alpha value is -1.56. The summed E-state index contributed by atoms with van der Waals surface area (Å²) in [6.07, 6.45) is 2.47. The number of amides is 1. The first-order valence-corrected chi connectivity index (χ1v) is 7.98. The molecule has 0 bridgehead atoms. The Morgan fingerprint density at radius 3 is 2.95 bits per heavy atom. The fourth-order valence-electron chi connectivity index (χ4n) is 3.05. The van der Waals surface area contributed by atoms with Gasteiger partial charge < -0.3 is 9.88 Å². The second-order valence-electron chi connectivity index (χ2n) is 5.36. The highest BCUT2D eigenvalue weighted by Crippen LogP contribution is 2.28. The number of alkyl halides is 1. The maximum atomic E-state index is 12.3. The number of carbonyl (C=O) groups excluding carboxylic acids is 1. The van der Waals surface area contributed by atoms with E-state index in [-0.39, 0.29) is 11.9 Å². The minimum atomic E-state index is -0.205. The van der Waals surface area contributed by atoms with Crippen molar-refractivity contribution in [3.8, 4) is 0 Å². The second kappa shape index (κ2) is 5.67. The van der Waals surface area contributed by atoms with Crippen LogP contribution in [0.15, 0.2) is 0 Å². The maximum absolute atomic E-state index is 12.3. The summed E-state index contributed by atoms with van der Waals surface area (Å²) in [6.45, 7) is 5.51. The number of carbonyl (C=O) groups is 1. The van der Waals surface area contributed by atoms with Gasteiger partial charge in [0, 0.05) is 25.4 Å². The van der Waals surface area contributed by atoms with E-state index >= 15 is 0 Å². The summed E-state index contributed by atoms with van der Waals surface area (Å²) in [5.74, 6) is 1.44. The summed E-state index contributed by atoms with van der Waals surface area (Å²) >= 11 is 5.92. The van der Waals surface area contributed by atoms with Crippen LogP contribution in [-0.4, -0.2) is 37.7 Å². The highest BCUT2D eigenvalue weighted by molar-refractivity contribution is 6.17. The van der Waals surface area contributed by atoms with Crippen LogP contribution < -0.4 is 5.32 Å². The van der Waals surface area contributed by atoms with Crippen molar-refractivity contribution in [1.29, 1.82) is 0 Å². The van der Waals surface area contributed by atoms with Crippen LogP contribution in [0.1, 0.15) is 37.3 Å². The third-order valence-corrected chi connectivity index (χ3v) is 4.19. The molecule has 1 atom stereocenters. The van der Waals surface area contributed by atoms with Gasteiger partial charge in [-0.15, -0.1) is 11.6 Å². The molecular weight excluding hydrogens is 290 g/mol. The van der Waals surface area contributed by atoms with Gasteiger partial charge >= 0.3 is 0 Å². The molecule has 0 radical (unpaired) electrons. The Balaban J connectivity index is 2.21. The lowest BCUT2D eigenvalue weighted by Crippen LogP contribution is -2.38. The van der Waals surface area contributed by atoms with Crippen molar-refractivity contribution < 1.29 is 4.79 Å². The van der Waals surface area contributed by atoms with Gasteiger partial charge in [-0.2, -0.15) is 5.10 Å². The van der Waals surface area contributed by atoms with Crippen molar-refractivity contribution in [2.45, 2.75) is 45.7 Å². The zero-order valence-corrected chi connectivity index (χ0v) is 13.2. The molecule has 0 saturated carbocycles. The summed E-state index contributed by atoms with van der Waals surface area (Å²) in [6, 6.07) is -0.205. The van der Waals surface area contributed by atoms with Crippen molar-refractivity contribution >= 4 is 28.7 Å². The number of hydrogen-bond acceptors (Lipinski definition) is 3. The van der Waals surface area contributed by atoms with E-state index in [2.05, 4.69) is 15.0 Å². The number of piperidine rings is 1. The average molecular weight is 310 g/mol. The standard InChI is InChI=1S/C14H20ClN5O/c1-3-19-14-12(9(2)18-19)17-11(6-7-15)20(14)10-5-4-8-16-13(10)21/h10H,3-8H2,1-2H3,(H,16,21). The molecule has 0 spiro atoms. The fraction of sp³-hybridized carbons (Fsp3) is 0.643. The Bertz CT molecular complexity index is 674. The summed E-state index contributed by atoms with van der Waals surface area (Å²) < 4.78 is 3.98. The van der Waals surface area contributed by atoms with Gasteiger partial charge in [0.05, 0.1) is 5.69 Å². The molecule has 1 unspecified atom stereocenters. The quantitative estimate of drug-likeness (QED) is 0.876. The molecule has 6 nitrogen and oxygen atoms in total. The molecule has 1 N–H and O–H groups in total. The van der Waals surface area contributed by atoms with Gasteiger partial charge in [-0.1, -0.05) is 0 Å². The second-order valence-corrected chi connectivity index (χ2v) is 5.74. The topological polar surface area (TPSA) is 64.7 Å². The molecule has 21 heavy (non-hydrogen) atoms. The van der Waals surface area contributed by atoms with E-state index in [9.17, 15) is 4.79 Å². The number of aromatic nitrogens is 4. The van der Waals surface area contributed by atoms with E-state index < -0.39 is 0 Å². The molecule has 3 rings (SSSR count). The average Bonchev–Trinajstić information content (AvgIpc) is 2.98. The van der Waals surface area contributed by atoms with Crippen LogP contribution in [0.25, 0.3) is 11.2 Å². The van der Waals surface area contributed by atoms with Crippen LogP contribution in [0, 0.1) is 6.92 Å². The lowest BCUT2D eigenvalue weighted by atomic mass is 10.1. The smallest absolute Gasteiger partial charge is 0.243 e. The van der Waals surface area contributed by atoms with E-state index in [1.54, 1.807) is 0 Å². The molecule has 2 aromatic rings. The third-order valence-electron chi connectivity index (χ3n) is 4.00.